The molecule has 5 nitrogen and oxygen atoms in total. The summed E-state index contributed by atoms with van der Waals surface area (Å²) < 4.78 is 5.36. The Morgan fingerprint density at radius 2 is 2.30 bits per heavy atom. The van der Waals surface area contributed by atoms with E-state index in [2.05, 4.69) is 4.98 Å². The van der Waals surface area contributed by atoms with Crippen LogP contribution in [0.1, 0.15) is 5.56 Å². The molecule has 2 aromatic rings. The van der Waals surface area contributed by atoms with Gasteiger partial charge in [0.2, 0.25) is 5.91 Å². The Labute approximate surface area is 117 Å². The first-order valence-electron chi connectivity index (χ1n) is 6.83. The Bertz CT molecular complexity index is 608. The second kappa shape index (κ2) is 5.64. The van der Waals surface area contributed by atoms with Crippen LogP contribution in [0.3, 0.4) is 0 Å². The van der Waals surface area contributed by atoms with Gasteiger partial charge in [0, 0.05) is 30.2 Å². The number of hydrogen-bond donors (Lipinski definition) is 2. The molecule has 1 amide bonds. The zero-order valence-electron chi connectivity index (χ0n) is 11.2. The zero-order chi connectivity index (χ0) is 13.9. The minimum Gasteiger partial charge on any atom is -0.394 e. The SMILES string of the molecule is O=C(Cc1c[nH]c2ccccc12)N1CCOC(CO)C1. The summed E-state index contributed by atoms with van der Waals surface area (Å²) >= 11 is 0. The van der Waals surface area contributed by atoms with E-state index in [1.54, 1.807) is 4.90 Å². The molecule has 1 fully saturated rings. The Morgan fingerprint density at radius 3 is 3.15 bits per heavy atom. The molecule has 106 valence electrons. The van der Waals surface area contributed by atoms with Gasteiger partial charge in [0.1, 0.15) is 0 Å². The van der Waals surface area contributed by atoms with Gasteiger partial charge < -0.3 is 19.7 Å². The number of carbonyl (C=O) groups excluding carboxylic acids is 1. The van der Waals surface area contributed by atoms with Crippen LogP contribution in [0.4, 0.5) is 0 Å². The number of carbonyl (C=O) groups is 1. The first kappa shape index (κ1) is 13.1. The summed E-state index contributed by atoms with van der Waals surface area (Å²) in [6.45, 7) is 1.51. The normalized spacial score (nSPS) is 19.4. The molecular formula is C15H18N2O3. The highest BCUT2D eigenvalue weighted by atomic mass is 16.5. The third kappa shape index (κ3) is 2.55. The number of morpholine rings is 1. The predicted octanol–water partition coefficient (Wildman–Crippen LogP) is 0.930. The van der Waals surface area contributed by atoms with Crippen molar-refractivity contribution in [3.05, 3.63) is 36.0 Å². The third-order valence-corrected chi connectivity index (χ3v) is 3.71. The number of nitrogens with one attached hydrogen (secondary N) is 1. The number of amides is 1. The number of nitrogens with zero attached hydrogens (tertiary/aromatic N) is 1. The van der Waals surface area contributed by atoms with E-state index < -0.39 is 0 Å². The van der Waals surface area contributed by atoms with Crippen molar-refractivity contribution < 1.29 is 14.6 Å². The highest BCUT2D eigenvalue weighted by Crippen LogP contribution is 2.19. The largest absolute Gasteiger partial charge is 0.394 e. The van der Waals surface area contributed by atoms with E-state index in [9.17, 15) is 4.79 Å². The number of ether oxygens (including phenoxy) is 1. The second-order valence-electron chi connectivity index (χ2n) is 5.05. The summed E-state index contributed by atoms with van der Waals surface area (Å²) in [6.07, 6.45) is 2.02. The van der Waals surface area contributed by atoms with E-state index in [0.29, 0.717) is 26.1 Å². The molecule has 2 N–H and O–H groups in total. The Hall–Kier alpha value is -1.85. The van der Waals surface area contributed by atoms with Crippen LogP contribution in [0.15, 0.2) is 30.5 Å². The number of H-pyrrole nitrogens is 1. The van der Waals surface area contributed by atoms with Crippen LogP contribution in [0.25, 0.3) is 10.9 Å². The summed E-state index contributed by atoms with van der Waals surface area (Å²) in [6, 6.07) is 7.96. The van der Waals surface area contributed by atoms with E-state index >= 15 is 0 Å². The highest BCUT2D eigenvalue weighted by molar-refractivity contribution is 5.88. The van der Waals surface area contributed by atoms with E-state index in [1.807, 2.05) is 30.5 Å². The Morgan fingerprint density at radius 1 is 1.45 bits per heavy atom. The Kier molecular flexibility index (Phi) is 3.71. The number of aromatic nitrogens is 1. The maximum Gasteiger partial charge on any atom is 0.227 e. The minimum absolute atomic E-state index is 0.0448. The van der Waals surface area contributed by atoms with Gasteiger partial charge in [0.05, 0.1) is 25.7 Å². The van der Waals surface area contributed by atoms with Gasteiger partial charge in [0.15, 0.2) is 0 Å². The molecule has 1 aromatic heterocycles. The van der Waals surface area contributed by atoms with E-state index in [1.165, 1.54) is 0 Å². The van der Waals surface area contributed by atoms with Crippen LogP contribution in [0.5, 0.6) is 0 Å². The van der Waals surface area contributed by atoms with Crippen LogP contribution in [0.2, 0.25) is 0 Å². The molecule has 1 aromatic carbocycles. The lowest BCUT2D eigenvalue weighted by Gasteiger charge is -2.32. The Balaban J connectivity index is 1.72. The summed E-state index contributed by atoms with van der Waals surface area (Å²) in [7, 11) is 0. The van der Waals surface area contributed by atoms with Gasteiger partial charge in [0.25, 0.3) is 0 Å². The number of aliphatic hydroxyl groups excluding tert-OH is 1. The molecule has 0 radical (unpaired) electrons. The zero-order valence-corrected chi connectivity index (χ0v) is 11.2. The monoisotopic (exact) mass is 274 g/mol. The van der Waals surface area contributed by atoms with Gasteiger partial charge in [-0.3, -0.25) is 4.79 Å². The lowest BCUT2D eigenvalue weighted by atomic mass is 10.1. The summed E-state index contributed by atoms with van der Waals surface area (Å²) in [5.41, 5.74) is 2.06. The first-order valence-corrected chi connectivity index (χ1v) is 6.83. The summed E-state index contributed by atoms with van der Waals surface area (Å²) in [5.74, 6) is 0.0801. The van der Waals surface area contributed by atoms with Crippen LogP contribution in [-0.4, -0.2) is 53.3 Å². The molecule has 3 rings (SSSR count). The van der Waals surface area contributed by atoms with Crippen molar-refractivity contribution in [2.24, 2.45) is 0 Å². The molecule has 20 heavy (non-hydrogen) atoms. The smallest absolute Gasteiger partial charge is 0.227 e. The van der Waals surface area contributed by atoms with Crippen molar-refractivity contribution in [3.63, 3.8) is 0 Å². The van der Waals surface area contributed by atoms with Gasteiger partial charge in [-0.2, -0.15) is 0 Å². The molecule has 1 atom stereocenters. The molecule has 0 spiro atoms. The van der Waals surface area contributed by atoms with Gasteiger partial charge in [-0.15, -0.1) is 0 Å². The molecular weight excluding hydrogens is 256 g/mol. The van der Waals surface area contributed by atoms with Gasteiger partial charge >= 0.3 is 0 Å². The number of aliphatic hydroxyl groups is 1. The average molecular weight is 274 g/mol. The lowest BCUT2D eigenvalue weighted by molar-refractivity contribution is -0.139. The van der Waals surface area contributed by atoms with Gasteiger partial charge in [-0.25, -0.2) is 0 Å². The minimum atomic E-state index is -0.254. The molecule has 5 heteroatoms. The number of aromatic amines is 1. The molecule has 1 saturated heterocycles. The molecule has 1 aliphatic heterocycles. The standard InChI is InChI=1S/C15H18N2O3/c18-10-12-9-17(5-6-20-12)15(19)7-11-8-16-14-4-2-1-3-13(11)14/h1-4,8,12,16,18H,5-7,9-10H2. The van der Waals surface area contributed by atoms with E-state index in [4.69, 9.17) is 9.84 Å². The number of hydrogen-bond acceptors (Lipinski definition) is 3. The number of fused-ring (bicyclic) bond motifs is 1. The van der Waals surface area contributed by atoms with E-state index in [0.717, 1.165) is 16.5 Å². The van der Waals surface area contributed by atoms with Crippen molar-refractivity contribution >= 4 is 16.8 Å². The molecule has 1 unspecified atom stereocenters. The molecule has 2 heterocycles. The maximum atomic E-state index is 12.3. The highest BCUT2D eigenvalue weighted by Gasteiger charge is 2.24. The van der Waals surface area contributed by atoms with Gasteiger partial charge in [-0.1, -0.05) is 18.2 Å². The first-order chi connectivity index (χ1) is 9.78. The maximum absolute atomic E-state index is 12.3. The quantitative estimate of drug-likeness (QED) is 0.875. The molecule has 0 bridgehead atoms. The number of rotatable bonds is 3. The topological polar surface area (TPSA) is 65.6 Å². The second-order valence-corrected chi connectivity index (χ2v) is 5.05. The number of para-hydroxylation sites is 1. The van der Waals surface area contributed by atoms with Gasteiger partial charge in [-0.05, 0) is 11.6 Å². The fourth-order valence-corrected chi connectivity index (χ4v) is 2.61. The van der Waals surface area contributed by atoms with Crippen molar-refractivity contribution in [2.45, 2.75) is 12.5 Å². The van der Waals surface area contributed by atoms with E-state index in [-0.39, 0.29) is 18.6 Å². The number of benzene rings is 1. The average Bonchev–Trinajstić information content (AvgIpc) is 2.90. The van der Waals surface area contributed by atoms with Crippen LogP contribution < -0.4 is 0 Å². The summed E-state index contributed by atoms with van der Waals surface area (Å²) in [5, 5.41) is 10.2. The van der Waals surface area contributed by atoms with Crippen molar-refractivity contribution in [2.75, 3.05) is 26.3 Å². The molecule has 0 aliphatic carbocycles. The van der Waals surface area contributed by atoms with Crippen molar-refractivity contribution in [3.8, 4) is 0 Å². The molecule has 1 aliphatic rings. The summed E-state index contributed by atoms with van der Waals surface area (Å²) in [4.78, 5) is 17.3. The van der Waals surface area contributed by atoms with Crippen LogP contribution in [0, 0.1) is 0 Å². The van der Waals surface area contributed by atoms with Crippen molar-refractivity contribution in [1.29, 1.82) is 0 Å². The van der Waals surface area contributed by atoms with Crippen LogP contribution in [-0.2, 0) is 16.0 Å². The lowest BCUT2D eigenvalue weighted by Crippen LogP contribution is -2.47. The third-order valence-electron chi connectivity index (χ3n) is 3.71. The molecule has 0 saturated carbocycles. The predicted molar refractivity (Wildman–Crippen MR) is 75.4 cm³/mol. The van der Waals surface area contributed by atoms with Crippen molar-refractivity contribution in [1.82, 2.24) is 9.88 Å². The fraction of sp³-hybridized carbons (Fsp3) is 0.400. The fourth-order valence-electron chi connectivity index (χ4n) is 2.61. The van der Waals surface area contributed by atoms with Crippen LogP contribution >= 0.6 is 0 Å².